The number of carbonyl (C=O) groups excluding carboxylic acids is 1. The molecule has 0 fully saturated rings. The van der Waals surface area contributed by atoms with Crippen LogP contribution in [0.1, 0.15) is 12.5 Å². The van der Waals surface area contributed by atoms with Gasteiger partial charge in [0.05, 0.1) is 22.9 Å². The molecular formula is C13H13Cl2NO3. The van der Waals surface area contributed by atoms with Crippen LogP contribution in [-0.2, 0) is 16.0 Å². The fraction of sp³-hybridized carbons (Fsp3) is 0.231. The second-order valence-corrected chi connectivity index (χ2v) is 4.67. The summed E-state index contributed by atoms with van der Waals surface area (Å²) in [5.74, 6) is -0.998. The Kier molecular flexibility index (Phi) is 5.39. The van der Waals surface area contributed by atoms with Crippen LogP contribution in [-0.4, -0.2) is 23.9 Å². The summed E-state index contributed by atoms with van der Waals surface area (Å²) in [7, 11) is 1.19. The van der Waals surface area contributed by atoms with E-state index >= 15 is 0 Å². The molecule has 4 nitrogen and oxygen atoms in total. The molecule has 1 rings (SSSR count). The third kappa shape index (κ3) is 3.98. The van der Waals surface area contributed by atoms with Crippen molar-refractivity contribution in [2.75, 3.05) is 7.11 Å². The maximum Gasteiger partial charge on any atom is 0.343 e. The Balaban J connectivity index is 2.98. The van der Waals surface area contributed by atoms with Gasteiger partial charge in [-0.15, -0.1) is 0 Å². The number of allylic oxidation sites excluding steroid dienone is 1. The number of methoxy groups -OCH3 is 1. The number of aliphatic hydroxyl groups is 1. The molecule has 0 aliphatic heterocycles. The van der Waals surface area contributed by atoms with Gasteiger partial charge in [-0.3, -0.25) is 0 Å². The molecule has 19 heavy (non-hydrogen) atoms. The van der Waals surface area contributed by atoms with Gasteiger partial charge in [0.25, 0.3) is 0 Å². The van der Waals surface area contributed by atoms with Crippen molar-refractivity contribution in [2.45, 2.75) is 13.3 Å². The van der Waals surface area contributed by atoms with Crippen LogP contribution in [0.3, 0.4) is 0 Å². The third-order valence-electron chi connectivity index (χ3n) is 2.42. The van der Waals surface area contributed by atoms with E-state index in [1.165, 1.54) is 14.0 Å². The van der Waals surface area contributed by atoms with E-state index in [0.717, 1.165) is 0 Å². The molecule has 0 spiro atoms. The number of ether oxygens (including phenoxy) is 1. The van der Waals surface area contributed by atoms with E-state index in [1.807, 2.05) is 0 Å². The SMILES string of the molecule is COC(=O)C(C(=N)Cc1ccc(Cl)c(Cl)c1)=C(C)O. The number of nitrogens with one attached hydrogen (secondary N) is 1. The minimum atomic E-state index is -0.745. The number of benzene rings is 1. The second-order valence-electron chi connectivity index (χ2n) is 3.86. The Morgan fingerprint density at radius 2 is 2.00 bits per heavy atom. The molecule has 0 atom stereocenters. The van der Waals surface area contributed by atoms with Gasteiger partial charge in [0.1, 0.15) is 11.3 Å². The van der Waals surface area contributed by atoms with Gasteiger partial charge in [0, 0.05) is 6.42 Å². The van der Waals surface area contributed by atoms with E-state index in [-0.39, 0.29) is 23.5 Å². The molecule has 0 bridgehead atoms. The van der Waals surface area contributed by atoms with Crippen LogP contribution in [0.5, 0.6) is 0 Å². The van der Waals surface area contributed by atoms with Crippen LogP contribution in [0.2, 0.25) is 10.0 Å². The molecule has 102 valence electrons. The van der Waals surface area contributed by atoms with E-state index in [2.05, 4.69) is 4.74 Å². The van der Waals surface area contributed by atoms with Crippen LogP contribution >= 0.6 is 23.2 Å². The predicted octanol–water partition coefficient (Wildman–Crippen LogP) is 3.56. The number of hydrogen-bond acceptors (Lipinski definition) is 4. The van der Waals surface area contributed by atoms with Gasteiger partial charge in [-0.1, -0.05) is 29.3 Å². The lowest BCUT2D eigenvalue weighted by Gasteiger charge is -2.09. The average Bonchev–Trinajstić information content (AvgIpc) is 2.33. The summed E-state index contributed by atoms with van der Waals surface area (Å²) in [5.41, 5.74) is 0.515. The molecule has 1 aromatic rings. The van der Waals surface area contributed by atoms with Crippen molar-refractivity contribution >= 4 is 34.9 Å². The molecule has 0 saturated heterocycles. The second kappa shape index (κ2) is 6.59. The zero-order chi connectivity index (χ0) is 14.6. The lowest BCUT2D eigenvalue weighted by atomic mass is 10.0. The third-order valence-corrected chi connectivity index (χ3v) is 3.16. The van der Waals surface area contributed by atoms with E-state index in [0.29, 0.717) is 15.6 Å². The Morgan fingerprint density at radius 1 is 1.37 bits per heavy atom. The van der Waals surface area contributed by atoms with Crippen LogP contribution < -0.4 is 0 Å². The first-order valence-electron chi connectivity index (χ1n) is 5.36. The summed E-state index contributed by atoms with van der Waals surface area (Å²) in [5, 5.41) is 18.1. The van der Waals surface area contributed by atoms with E-state index in [1.54, 1.807) is 18.2 Å². The minimum absolute atomic E-state index is 0.0507. The monoisotopic (exact) mass is 301 g/mol. The fourth-order valence-corrected chi connectivity index (χ4v) is 1.85. The molecule has 6 heteroatoms. The van der Waals surface area contributed by atoms with Crippen molar-refractivity contribution in [3.05, 3.63) is 45.1 Å². The van der Waals surface area contributed by atoms with Crippen molar-refractivity contribution in [2.24, 2.45) is 0 Å². The molecule has 2 N–H and O–H groups in total. The normalized spacial score (nSPS) is 11.8. The molecule has 0 aliphatic carbocycles. The molecule has 0 heterocycles. The van der Waals surface area contributed by atoms with E-state index < -0.39 is 5.97 Å². The molecule has 0 radical (unpaired) electrons. The standard InChI is InChI=1S/C13H13Cl2NO3/c1-7(17)12(13(18)19-2)11(16)6-8-3-4-9(14)10(15)5-8/h3-5,16-17H,6H2,1-2H3. The zero-order valence-electron chi connectivity index (χ0n) is 10.5. The molecule has 1 aromatic carbocycles. The number of esters is 1. The van der Waals surface area contributed by atoms with Crippen LogP contribution in [0.25, 0.3) is 0 Å². The summed E-state index contributed by atoms with van der Waals surface area (Å²) in [4.78, 5) is 11.5. The fourth-order valence-electron chi connectivity index (χ4n) is 1.53. The molecule has 0 aliphatic rings. The Morgan fingerprint density at radius 3 is 2.47 bits per heavy atom. The smallest absolute Gasteiger partial charge is 0.343 e. The van der Waals surface area contributed by atoms with E-state index in [9.17, 15) is 9.90 Å². The van der Waals surface area contributed by atoms with Crippen molar-refractivity contribution < 1.29 is 14.6 Å². The molecule has 0 amide bonds. The number of rotatable bonds is 4. The van der Waals surface area contributed by atoms with Crippen molar-refractivity contribution in [1.29, 1.82) is 5.41 Å². The summed E-state index contributed by atoms with van der Waals surface area (Å²) in [6, 6.07) is 4.92. The van der Waals surface area contributed by atoms with Gasteiger partial charge >= 0.3 is 5.97 Å². The van der Waals surface area contributed by atoms with Gasteiger partial charge in [-0.25, -0.2) is 4.79 Å². The maximum atomic E-state index is 11.5. The number of halogens is 2. The van der Waals surface area contributed by atoms with Gasteiger partial charge in [-0.05, 0) is 24.6 Å². The summed E-state index contributed by atoms with van der Waals surface area (Å²) >= 11 is 11.7. The predicted molar refractivity (Wildman–Crippen MR) is 75.2 cm³/mol. The highest BCUT2D eigenvalue weighted by atomic mass is 35.5. The lowest BCUT2D eigenvalue weighted by molar-refractivity contribution is -0.135. The maximum absolute atomic E-state index is 11.5. The highest BCUT2D eigenvalue weighted by Crippen LogP contribution is 2.23. The number of hydrogen-bond donors (Lipinski definition) is 2. The first-order valence-corrected chi connectivity index (χ1v) is 6.12. The van der Waals surface area contributed by atoms with Crippen molar-refractivity contribution in [3.8, 4) is 0 Å². The molecular weight excluding hydrogens is 289 g/mol. The largest absolute Gasteiger partial charge is 0.512 e. The lowest BCUT2D eigenvalue weighted by Crippen LogP contribution is -2.17. The van der Waals surface area contributed by atoms with Gasteiger partial charge in [-0.2, -0.15) is 0 Å². The quantitative estimate of drug-likeness (QED) is 0.386. The zero-order valence-corrected chi connectivity index (χ0v) is 12.0. The first kappa shape index (κ1) is 15.5. The first-order chi connectivity index (χ1) is 8.86. The van der Waals surface area contributed by atoms with E-state index in [4.69, 9.17) is 28.6 Å². The molecule has 0 unspecified atom stereocenters. The topological polar surface area (TPSA) is 70.4 Å². The summed E-state index contributed by atoms with van der Waals surface area (Å²) in [6.45, 7) is 1.33. The van der Waals surface area contributed by atoms with Gasteiger partial charge in [0.15, 0.2) is 0 Å². The molecule has 0 saturated carbocycles. The highest BCUT2D eigenvalue weighted by molar-refractivity contribution is 6.42. The van der Waals surface area contributed by atoms with Crippen LogP contribution in [0.4, 0.5) is 0 Å². The Hall–Kier alpha value is -1.52. The highest BCUT2D eigenvalue weighted by Gasteiger charge is 2.19. The van der Waals surface area contributed by atoms with Crippen molar-refractivity contribution in [1.82, 2.24) is 0 Å². The molecule has 0 aromatic heterocycles. The van der Waals surface area contributed by atoms with Crippen LogP contribution in [0, 0.1) is 5.41 Å². The van der Waals surface area contributed by atoms with Crippen molar-refractivity contribution in [3.63, 3.8) is 0 Å². The van der Waals surface area contributed by atoms with Crippen LogP contribution in [0.15, 0.2) is 29.5 Å². The number of aliphatic hydroxyl groups excluding tert-OH is 1. The Labute approximate surface area is 121 Å². The average molecular weight is 302 g/mol. The Bertz CT molecular complexity index is 549. The van der Waals surface area contributed by atoms with Gasteiger partial charge in [0.2, 0.25) is 0 Å². The number of carbonyl (C=O) groups is 1. The summed E-state index contributed by atoms with van der Waals surface area (Å²) < 4.78 is 4.53. The van der Waals surface area contributed by atoms with Gasteiger partial charge < -0.3 is 15.3 Å². The summed E-state index contributed by atoms with van der Waals surface area (Å²) in [6.07, 6.45) is 0.138. The minimum Gasteiger partial charge on any atom is -0.512 e.